The third-order valence-electron chi connectivity index (χ3n) is 4.45. The van der Waals surface area contributed by atoms with Crippen LogP contribution in [-0.2, 0) is 0 Å². The van der Waals surface area contributed by atoms with Crippen LogP contribution in [0.25, 0.3) is 0 Å². The predicted octanol–water partition coefficient (Wildman–Crippen LogP) is 1.37. The summed E-state index contributed by atoms with van der Waals surface area (Å²) in [7, 11) is 3.79. The molecule has 104 valence electrons. The molecule has 1 heterocycles. The zero-order valence-corrected chi connectivity index (χ0v) is 11.6. The number of fused-ring (bicyclic) bond motifs is 2. The minimum absolute atomic E-state index is 0.272. The Hall–Kier alpha value is -1.59. The molecule has 0 amide bonds. The molecule has 0 aliphatic heterocycles. The van der Waals surface area contributed by atoms with E-state index in [0.717, 1.165) is 24.3 Å². The van der Waals surface area contributed by atoms with Crippen molar-refractivity contribution < 1.29 is 0 Å². The highest BCUT2D eigenvalue weighted by Gasteiger charge is 2.39. The molecule has 2 fully saturated rings. The SMILES string of the molecule is CN(C)c1nc(N)nc(NCC2CC3CCC2C3)n1. The first kappa shape index (κ1) is 12.4. The maximum Gasteiger partial charge on any atom is 0.231 e. The van der Waals surface area contributed by atoms with E-state index in [0.29, 0.717) is 11.9 Å². The quantitative estimate of drug-likeness (QED) is 0.853. The summed E-state index contributed by atoms with van der Waals surface area (Å²) in [4.78, 5) is 14.5. The summed E-state index contributed by atoms with van der Waals surface area (Å²) in [5, 5.41) is 3.34. The van der Waals surface area contributed by atoms with Gasteiger partial charge in [-0.05, 0) is 37.0 Å². The molecule has 1 aromatic heterocycles. The largest absolute Gasteiger partial charge is 0.368 e. The van der Waals surface area contributed by atoms with Crippen molar-refractivity contribution in [2.75, 3.05) is 36.6 Å². The third-order valence-corrected chi connectivity index (χ3v) is 4.45. The highest BCUT2D eigenvalue weighted by molar-refractivity contribution is 5.40. The van der Waals surface area contributed by atoms with E-state index in [9.17, 15) is 0 Å². The van der Waals surface area contributed by atoms with Gasteiger partial charge in [-0.1, -0.05) is 6.42 Å². The standard InChI is InChI=1S/C13H22N6/c1-19(2)13-17-11(14)16-12(18-13)15-7-10-6-8-3-4-9(10)5-8/h8-10H,3-7H2,1-2H3,(H3,14,15,16,17,18). The fourth-order valence-corrected chi connectivity index (χ4v) is 3.51. The monoisotopic (exact) mass is 262 g/mol. The lowest BCUT2D eigenvalue weighted by Gasteiger charge is -2.22. The molecular weight excluding hydrogens is 240 g/mol. The first-order valence-electron chi connectivity index (χ1n) is 7.04. The van der Waals surface area contributed by atoms with Gasteiger partial charge in [0.15, 0.2) is 0 Å². The number of hydrogen-bond acceptors (Lipinski definition) is 6. The first-order chi connectivity index (χ1) is 9.11. The van der Waals surface area contributed by atoms with Crippen molar-refractivity contribution in [2.24, 2.45) is 17.8 Å². The van der Waals surface area contributed by atoms with E-state index < -0.39 is 0 Å². The molecule has 0 spiro atoms. The molecule has 6 nitrogen and oxygen atoms in total. The van der Waals surface area contributed by atoms with Gasteiger partial charge in [0.1, 0.15) is 0 Å². The second-order valence-corrected chi connectivity index (χ2v) is 6.03. The van der Waals surface area contributed by atoms with Crippen LogP contribution < -0.4 is 16.0 Å². The summed E-state index contributed by atoms with van der Waals surface area (Å²) in [5.41, 5.74) is 5.71. The highest BCUT2D eigenvalue weighted by atomic mass is 15.3. The van der Waals surface area contributed by atoms with Gasteiger partial charge in [-0.15, -0.1) is 0 Å². The van der Waals surface area contributed by atoms with E-state index >= 15 is 0 Å². The summed E-state index contributed by atoms with van der Waals surface area (Å²) in [5.74, 6) is 4.12. The molecule has 1 aromatic rings. The average molecular weight is 262 g/mol. The lowest BCUT2D eigenvalue weighted by atomic mass is 9.89. The van der Waals surface area contributed by atoms with Crippen molar-refractivity contribution in [3.63, 3.8) is 0 Å². The summed E-state index contributed by atoms with van der Waals surface area (Å²) in [6.07, 6.45) is 5.62. The number of nitrogens with zero attached hydrogens (tertiary/aromatic N) is 4. The number of hydrogen-bond donors (Lipinski definition) is 2. The Labute approximate surface area is 113 Å². The van der Waals surface area contributed by atoms with E-state index in [4.69, 9.17) is 5.73 Å². The summed E-state index contributed by atoms with van der Waals surface area (Å²) in [6.45, 7) is 0.956. The van der Waals surface area contributed by atoms with Crippen molar-refractivity contribution in [2.45, 2.75) is 25.7 Å². The van der Waals surface area contributed by atoms with E-state index in [-0.39, 0.29) is 5.95 Å². The van der Waals surface area contributed by atoms with Gasteiger partial charge in [0.05, 0.1) is 0 Å². The second kappa shape index (κ2) is 4.83. The number of nitrogens with one attached hydrogen (secondary N) is 1. The first-order valence-corrected chi connectivity index (χ1v) is 7.04. The van der Waals surface area contributed by atoms with E-state index in [1.54, 1.807) is 0 Å². The van der Waals surface area contributed by atoms with E-state index in [1.165, 1.54) is 25.7 Å². The Morgan fingerprint density at radius 2 is 2.05 bits per heavy atom. The summed E-state index contributed by atoms with van der Waals surface area (Å²) in [6, 6.07) is 0. The summed E-state index contributed by atoms with van der Waals surface area (Å²) >= 11 is 0. The van der Waals surface area contributed by atoms with Gasteiger partial charge in [-0.3, -0.25) is 0 Å². The molecular formula is C13H22N6. The molecule has 3 atom stereocenters. The molecule has 0 radical (unpaired) electrons. The van der Waals surface area contributed by atoms with Gasteiger partial charge in [-0.25, -0.2) is 0 Å². The van der Waals surface area contributed by atoms with Crippen LogP contribution in [0.5, 0.6) is 0 Å². The molecule has 2 saturated carbocycles. The molecule has 2 aliphatic rings. The van der Waals surface area contributed by atoms with Crippen LogP contribution in [0.1, 0.15) is 25.7 Å². The maximum atomic E-state index is 5.71. The van der Waals surface area contributed by atoms with Crippen LogP contribution >= 0.6 is 0 Å². The normalized spacial score (nSPS) is 28.6. The van der Waals surface area contributed by atoms with Crippen LogP contribution in [-0.4, -0.2) is 35.6 Å². The van der Waals surface area contributed by atoms with Crippen LogP contribution in [0.2, 0.25) is 0 Å². The van der Waals surface area contributed by atoms with Crippen molar-refractivity contribution in [3.8, 4) is 0 Å². The Balaban J connectivity index is 1.63. The molecule has 6 heteroatoms. The number of anilines is 3. The number of aromatic nitrogens is 3. The van der Waals surface area contributed by atoms with Gasteiger partial charge in [0.25, 0.3) is 0 Å². The smallest absolute Gasteiger partial charge is 0.231 e. The van der Waals surface area contributed by atoms with Crippen LogP contribution in [0.4, 0.5) is 17.8 Å². The van der Waals surface area contributed by atoms with Crippen LogP contribution in [0, 0.1) is 17.8 Å². The lowest BCUT2D eigenvalue weighted by molar-refractivity contribution is 0.348. The van der Waals surface area contributed by atoms with Gasteiger partial charge in [-0.2, -0.15) is 15.0 Å². The molecule has 19 heavy (non-hydrogen) atoms. The minimum Gasteiger partial charge on any atom is -0.368 e. The topological polar surface area (TPSA) is 80.0 Å². The van der Waals surface area contributed by atoms with Gasteiger partial charge in [0.2, 0.25) is 17.8 Å². The number of nitrogens with two attached hydrogens (primary N) is 1. The Kier molecular flexibility index (Phi) is 3.16. The third kappa shape index (κ3) is 2.57. The molecule has 2 aliphatic carbocycles. The van der Waals surface area contributed by atoms with E-state index in [1.807, 2.05) is 19.0 Å². The molecule has 0 aromatic carbocycles. The van der Waals surface area contributed by atoms with Crippen LogP contribution in [0.3, 0.4) is 0 Å². The molecule has 3 rings (SSSR count). The van der Waals surface area contributed by atoms with Gasteiger partial charge >= 0.3 is 0 Å². The highest BCUT2D eigenvalue weighted by Crippen LogP contribution is 2.48. The van der Waals surface area contributed by atoms with Gasteiger partial charge < -0.3 is 16.0 Å². The minimum atomic E-state index is 0.272. The lowest BCUT2D eigenvalue weighted by Crippen LogP contribution is -2.22. The summed E-state index contributed by atoms with van der Waals surface area (Å²) < 4.78 is 0. The Morgan fingerprint density at radius 1 is 1.21 bits per heavy atom. The van der Waals surface area contributed by atoms with Crippen molar-refractivity contribution in [1.29, 1.82) is 0 Å². The Bertz CT molecular complexity index is 460. The van der Waals surface area contributed by atoms with Gasteiger partial charge in [0, 0.05) is 20.6 Å². The van der Waals surface area contributed by atoms with Crippen molar-refractivity contribution in [1.82, 2.24) is 15.0 Å². The average Bonchev–Trinajstić information content (AvgIpc) is 2.97. The maximum absolute atomic E-state index is 5.71. The Morgan fingerprint density at radius 3 is 2.68 bits per heavy atom. The van der Waals surface area contributed by atoms with Crippen molar-refractivity contribution >= 4 is 17.8 Å². The van der Waals surface area contributed by atoms with Crippen LogP contribution in [0.15, 0.2) is 0 Å². The molecule has 0 saturated heterocycles. The zero-order valence-electron chi connectivity index (χ0n) is 11.6. The zero-order chi connectivity index (χ0) is 13.4. The second-order valence-electron chi connectivity index (χ2n) is 6.03. The van der Waals surface area contributed by atoms with Crippen molar-refractivity contribution in [3.05, 3.63) is 0 Å². The molecule has 3 N–H and O–H groups in total. The predicted molar refractivity (Wildman–Crippen MR) is 76.0 cm³/mol. The fraction of sp³-hybridized carbons (Fsp3) is 0.769. The van der Waals surface area contributed by atoms with E-state index in [2.05, 4.69) is 20.3 Å². The molecule has 2 bridgehead atoms. The number of rotatable bonds is 4. The fourth-order valence-electron chi connectivity index (χ4n) is 3.51. The molecule has 3 unspecified atom stereocenters. The number of nitrogen functional groups attached to an aromatic ring is 1.